The van der Waals surface area contributed by atoms with E-state index in [1.54, 1.807) is 6.07 Å². The summed E-state index contributed by atoms with van der Waals surface area (Å²) in [5.41, 5.74) is 1.02. The molecule has 0 saturated heterocycles. The second-order valence-corrected chi connectivity index (χ2v) is 5.29. The summed E-state index contributed by atoms with van der Waals surface area (Å²) in [5.74, 6) is -0.190. The lowest BCUT2D eigenvalue weighted by atomic mass is 10.0. The Bertz CT molecular complexity index is 355. The first-order valence-electron chi connectivity index (χ1n) is 5.79. The Labute approximate surface area is 111 Å². The van der Waals surface area contributed by atoms with Crippen molar-refractivity contribution in [1.82, 2.24) is 10.2 Å². The van der Waals surface area contributed by atoms with Gasteiger partial charge in [-0.2, -0.15) is 0 Å². The summed E-state index contributed by atoms with van der Waals surface area (Å²) in [6.45, 7) is 1.03. The average Bonchev–Trinajstić information content (AvgIpc) is 2.29. The topological polar surface area (TPSA) is 15.3 Å². The van der Waals surface area contributed by atoms with E-state index >= 15 is 0 Å². The standard InChI is InChI=1S/C13H20BrFN2/c1-16-11(7-8-17(2)3)9-10-5-4-6-12(15)13(10)14/h4-6,11,16H,7-9H2,1-3H3. The molecular weight excluding hydrogens is 283 g/mol. The lowest BCUT2D eigenvalue weighted by Crippen LogP contribution is -2.31. The normalized spacial score (nSPS) is 13.1. The van der Waals surface area contributed by atoms with Crippen molar-refractivity contribution < 1.29 is 4.39 Å². The molecule has 0 aliphatic heterocycles. The van der Waals surface area contributed by atoms with Gasteiger partial charge in [-0.1, -0.05) is 12.1 Å². The minimum atomic E-state index is -0.190. The van der Waals surface area contributed by atoms with Crippen LogP contribution < -0.4 is 5.32 Å². The quantitative estimate of drug-likeness (QED) is 0.869. The average molecular weight is 303 g/mol. The molecule has 0 aromatic heterocycles. The summed E-state index contributed by atoms with van der Waals surface area (Å²) in [7, 11) is 6.07. The van der Waals surface area contributed by atoms with Gasteiger partial charge in [-0.25, -0.2) is 4.39 Å². The zero-order chi connectivity index (χ0) is 12.8. The van der Waals surface area contributed by atoms with Crippen molar-refractivity contribution >= 4 is 15.9 Å². The zero-order valence-corrected chi connectivity index (χ0v) is 12.2. The molecule has 1 unspecified atom stereocenters. The van der Waals surface area contributed by atoms with Crippen LogP contribution in [0.1, 0.15) is 12.0 Å². The van der Waals surface area contributed by atoms with Crippen LogP contribution in [0.25, 0.3) is 0 Å². The maximum Gasteiger partial charge on any atom is 0.137 e. The molecule has 0 heterocycles. The molecule has 2 nitrogen and oxygen atoms in total. The highest BCUT2D eigenvalue weighted by Gasteiger charge is 2.11. The van der Waals surface area contributed by atoms with E-state index in [0.29, 0.717) is 10.5 Å². The maximum atomic E-state index is 13.4. The first kappa shape index (κ1) is 14.6. The Morgan fingerprint density at radius 1 is 1.41 bits per heavy atom. The Morgan fingerprint density at radius 3 is 2.71 bits per heavy atom. The van der Waals surface area contributed by atoms with Crippen molar-refractivity contribution in [3.63, 3.8) is 0 Å². The van der Waals surface area contributed by atoms with Gasteiger partial charge in [0.1, 0.15) is 5.82 Å². The predicted molar refractivity (Wildman–Crippen MR) is 73.8 cm³/mol. The van der Waals surface area contributed by atoms with Crippen molar-refractivity contribution in [3.05, 3.63) is 34.1 Å². The second-order valence-electron chi connectivity index (χ2n) is 4.49. The molecule has 1 rings (SSSR count). The van der Waals surface area contributed by atoms with Gasteiger partial charge in [0.15, 0.2) is 0 Å². The Hall–Kier alpha value is -0.450. The molecule has 1 aromatic carbocycles. The maximum absolute atomic E-state index is 13.4. The van der Waals surface area contributed by atoms with Crippen LogP contribution in [-0.2, 0) is 6.42 Å². The SMILES string of the molecule is CNC(CCN(C)C)Cc1cccc(F)c1Br. The smallest absolute Gasteiger partial charge is 0.137 e. The predicted octanol–water partition coefficient (Wildman–Crippen LogP) is 2.67. The van der Waals surface area contributed by atoms with Crippen LogP contribution in [0.2, 0.25) is 0 Å². The molecule has 0 spiro atoms. The van der Waals surface area contributed by atoms with Crippen molar-refractivity contribution in [2.75, 3.05) is 27.7 Å². The van der Waals surface area contributed by atoms with E-state index in [0.717, 1.165) is 24.9 Å². The molecule has 96 valence electrons. The Morgan fingerprint density at radius 2 is 2.12 bits per heavy atom. The molecule has 0 radical (unpaired) electrons. The highest BCUT2D eigenvalue weighted by Crippen LogP contribution is 2.22. The summed E-state index contributed by atoms with van der Waals surface area (Å²) < 4.78 is 14.0. The summed E-state index contributed by atoms with van der Waals surface area (Å²) in [6, 6.07) is 5.57. The fourth-order valence-electron chi connectivity index (χ4n) is 1.73. The number of hydrogen-bond acceptors (Lipinski definition) is 2. The van der Waals surface area contributed by atoms with Gasteiger partial charge in [0, 0.05) is 6.04 Å². The van der Waals surface area contributed by atoms with Crippen LogP contribution >= 0.6 is 15.9 Å². The molecule has 1 aromatic rings. The molecule has 0 amide bonds. The number of rotatable bonds is 6. The van der Waals surface area contributed by atoms with Crippen molar-refractivity contribution in [2.24, 2.45) is 0 Å². The van der Waals surface area contributed by atoms with E-state index in [-0.39, 0.29) is 5.82 Å². The molecule has 17 heavy (non-hydrogen) atoms. The number of halogens is 2. The van der Waals surface area contributed by atoms with Gasteiger partial charge in [0.2, 0.25) is 0 Å². The summed E-state index contributed by atoms with van der Waals surface area (Å²) in [4.78, 5) is 2.16. The Kier molecular flexibility index (Phi) is 6.09. The molecule has 0 aliphatic rings. The first-order chi connectivity index (χ1) is 8.04. The summed E-state index contributed by atoms with van der Waals surface area (Å²) in [5, 5.41) is 3.28. The van der Waals surface area contributed by atoms with Crippen molar-refractivity contribution in [2.45, 2.75) is 18.9 Å². The van der Waals surface area contributed by atoms with Gasteiger partial charge < -0.3 is 10.2 Å². The first-order valence-corrected chi connectivity index (χ1v) is 6.58. The van der Waals surface area contributed by atoms with E-state index in [1.165, 1.54) is 6.07 Å². The van der Waals surface area contributed by atoms with Gasteiger partial charge >= 0.3 is 0 Å². The van der Waals surface area contributed by atoms with Gasteiger partial charge in [0.05, 0.1) is 4.47 Å². The van der Waals surface area contributed by atoms with Crippen LogP contribution in [0, 0.1) is 5.82 Å². The van der Waals surface area contributed by atoms with Crippen LogP contribution in [-0.4, -0.2) is 38.6 Å². The third kappa shape index (κ3) is 4.74. The van der Waals surface area contributed by atoms with E-state index in [4.69, 9.17) is 0 Å². The summed E-state index contributed by atoms with van der Waals surface area (Å²) >= 11 is 3.30. The van der Waals surface area contributed by atoms with E-state index in [9.17, 15) is 4.39 Å². The largest absolute Gasteiger partial charge is 0.317 e. The lowest BCUT2D eigenvalue weighted by Gasteiger charge is -2.19. The minimum Gasteiger partial charge on any atom is -0.317 e. The zero-order valence-electron chi connectivity index (χ0n) is 10.6. The van der Waals surface area contributed by atoms with Crippen LogP contribution in [0.4, 0.5) is 4.39 Å². The highest BCUT2D eigenvalue weighted by molar-refractivity contribution is 9.10. The third-order valence-corrected chi connectivity index (χ3v) is 3.72. The molecule has 1 atom stereocenters. The van der Waals surface area contributed by atoms with E-state index in [2.05, 4.69) is 40.2 Å². The highest BCUT2D eigenvalue weighted by atomic mass is 79.9. The van der Waals surface area contributed by atoms with E-state index < -0.39 is 0 Å². The second kappa shape index (κ2) is 7.09. The van der Waals surface area contributed by atoms with Crippen LogP contribution in [0.15, 0.2) is 22.7 Å². The van der Waals surface area contributed by atoms with Crippen molar-refractivity contribution in [1.29, 1.82) is 0 Å². The Balaban J connectivity index is 2.64. The number of hydrogen-bond donors (Lipinski definition) is 1. The molecule has 0 fully saturated rings. The monoisotopic (exact) mass is 302 g/mol. The molecule has 0 saturated carbocycles. The van der Waals surface area contributed by atoms with Crippen molar-refractivity contribution in [3.8, 4) is 0 Å². The van der Waals surface area contributed by atoms with Gasteiger partial charge in [-0.3, -0.25) is 0 Å². The number of nitrogens with zero attached hydrogens (tertiary/aromatic N) is 1. The fraction of sp³-hybridized carbons (Fsp3) is 0.538. The molecule has 1 N–H and O–H groups in total. The molecular formula is C13H20BrFN2. The number of likely N-dealkylation sites (N-methyl/N-ethyl adjacent to an activating group) is 1. The fourth-order valence-corrected chi connectivity index (χ4v) is 2.16. The van der Waals surface area contributed by atoms with Crippen LogP contribution in [0.3, 0.4) is 0 Å². The lowest BCUT2D eigenvalue weighted by molar-refractivity contribution is 0.364. The molecule has 0 bridgehead atoms. The number of nitrogens with one attached hydrogen (secondary N) is 1. The molecule has 4 heteroatoms. The van der Waals surface area contributed by atoms with Crippen LogP contribution in [0.5, 0.6) is 0 Å². The minimum absolute atomic E-state index is 0.190. The molecule has 0 aliphatic carbocycles. The van der Waals surface area contributed by atoms with Gasteiger partial charge in [0.25, 0.3) is 0 Å². The van der Waals surface area contributed by atoms with Gasteiger partial charge in [-0.15, -0.1) is 0 Å². The third-order valence-electron chi connectivity index (χ3n) is 2.83. The van der Waals surface area contributed by atoms with E-state index in [1.807, 2.05) is 13.1 Å². The summed E-state index contributed by atoms with van der Waals surface area (Å²) in [6.07, 6.45) is 1.88. The number of benzene rings is 1. The van der Waals surface area contributed by atoms with Gasteiger partial charge in [-0.05, 0) is 68.1 Å².